The standard InChI is InChI=1S/C19H24N4O3/c1-20-14-7-8-22(11-14)9-12-3-2-4-13-10-23(19(26)17(12)13)15-5-6-16(24)21-18(15)25/h2-4,14-15,20H,5-11H2,1H3,(H,21,24,25). The third-order valence-electron chi connectivity index (χ3n) is 5.71. The van der Waals surface area contributed by atoms with Crippen LogP contribution in [0.15, 0.2) is 18.2 Å². The number of likely N-dealkylation sites (N-methyl/N-ethyl adjacent to an activating group) is 1. The lowest BCUT2D eigenvalue weighted by molar-refractivity contribution is -0.136. The number of amides is 3. The lowest BCUT2D eigenvalue weighted by Crippen LogP contribution is -2.52. The van der Waals surface area contributed by atoms with Gasteiger partial charge in [0.2, 0.25) is 11.8 Å². The van der Waals surface area contributed by atoms with Crippen LogP contribution in [0.25, 0.3) is 0 Å². The van der Waals surface area contributed by atoms with Crippen LogP contribution in [-0.2, 0) is 22.7 Å². The zero-order valence-corrected chi connectivity index (χ0v) is 15.0. The van der Waals surface area contributed by atoms with Crippen molar-refractivity contribution in [1.82, 2.24) is 20.4 Å². The van der Waals surface area contributed by atoms with Crippen LogP contribution < -0.4 is 10.6 Å². The van der Waals surface area contributed by atoms with Crippen molar-refractivity contribution in [2.75, 3.05) is 20.1 Å². The summed E-state index contributed by atoms with van der Waals surface area (Å²) < 4.78 is 0. The minimum Gasteiger partial charge on any atom is -0.322 e. The SMILES string of the molecule is CNC1CCN(Cc2cccc3c2C(=O)N(C2CCC(=O)NC2=O)C3)C1. The fraction of sp³-hybridized carbons (Fsp3) is 0.526. The van der Waals surface area contributed by atoms with Crippen LogP contribution in [-0.4, -0.2) is 59.7 Å². The first kappa shape index (κ1) is 17.2. The molecule has 2 fully saturated rings. The van der Waals surface area contributed by atoms with Crippen LogP contribution in [0, 0.1) is 0 Å². The second-order valence-electron chi connectivity index (χ2n) is 7.36. The molecule has 26 heavy (non-hydrogen) atoms. The molecule has 0 saturated carbocycles. The second-order valence-corrected chi connectivity index (χ2v) is 7.36. The highest BCUT2D eigenvalue weighted by molar-refractivity contribution is 6.05. The molecule has 1 aromatic rings. The molecule has 138 valence electrons. The fourth-order valence-corrected chi connectivity index (χ4v) is 4.27. The first-order valence-corrected chi connectivity index (χ1v) is 9.22. The number of carbonyl (C=O) groups is 3. The van der Waals surface area contributed by atoms with Crippen molar-refractivity contribution in [3.05, 3.63) is 34.9 Å². The topological polar surface area (TPSA) is 81.8 Å². The summed E-state index contributed by atoms with van der Waals surface area (Å²) in [7, 11) is 1.98. The van der Waals surface area contributed by atoms with E-state index in [1.807, 2.05) is 25.2 Å². The minimum absolute atomic E-state index is 0.0885. The van der Waals surface area contributed by atoms with E-state index in [1.54, 1.807) is 4.90 Å². The molecule has 0 radical (unpaired) electrons. The molecule has 0 aromatic heterocycles. The molecule has 2 unspecified atom stereocenters. The monoisotopic (exact) mass is 356 g/mol. The Morgan fingerprint density at radius 2 is 2.08 bits per heavy atom. The second kappa shape index (κ2) is 6.81. The molecule has 4 rings (SSSR count). The van der Waals surface area contributed by atoms with E-state index < -0.39 is 6.04 Å². The highest BCUT2D eigenvalue weighted by atomic mass is 16.2. The highest BCUT2D eigenvalue weighted by Crippen LogP contribution is 2.30. The van der Waals surface area contributed by atoms with Crippen LogP contribution in [0.2, 0.25) is 0 Å². The third kappa shape index (κ3) is 3.01. The highest BCUT2D eigenvalue weighted by Gasteiger charge is 2.40. The molecule has 0 spiro atoms. The summed E-state index contributed by atoms with van der Waals surface area (Å²) in [5.41, 5.74) is 2.74. The number of piperidine rings is 1. The molecule has 0 bridgehead atoms. The summed E-state index contributed by atoms with van der Waals surface area (Å²) in [6.07, 6.45) is 1.79. The van der Waals surface area contributed by atoms with Crippen molar-refractivity contribution in [3.8, 4) is 0 Å². The van der Waals surface area contributed by atoms with E-state index in [9.17, 15) is 14.4 Å². The predicted octanol–water partition coefficient (Wildman–Crippen LogP) is 0.241. The van der Waals surface area contributed by atoms with Gasteiger partial charge in [-0.3, -0.25) is 24.6 Å². The van der Waals surface area contributed by atoms with Crippen LogP contribution >= 0.6 is 0 Å². The molecule has 0 aliphatic carbocycles. The van der Waals surface area contributed by atoms with Crippen LogP contribution in [0.4, 0.5) is 0 Å². The summed E-state index contributed by atoms with van der Waals surface area (Å²) in [5, 5.41) is 5.66. The largest absolute Gasteiger partial charge is 0.322 e. The quantitative estimate of drug-likeness (QED) is 0.756. The first-order valence-electron chi connectivity index (χ1n) is 9.22. The van der Waals surface area contributed by atoms with E-state index >= 15 is 0 Å². The molecule has 2 N–H and O–H groups in total. The number of hydrogen-bond acceptors (Lipinski definition) is 5. The summed E-state index contributed by atoms with van der Waals surface area (Å²) in [6.45, 7) is 3.18. The van der Waals surface area contributed by atoms with E-state index in [0.29, 0.717) is 19.0 Å². The number of hydrogen-bond donors (Lipinski definition) is 2. The van der Waals surface area contributed by atoms with Gasteiger partial charge in [-0.15, -0.1) is 0 Å². The normalized spacial score (nSPS) is 26.3. The Hall–Kier alpha value is -2.25. The minimum atomic E-state index is -0.555. The zero-order chi connectivity index (χ0) is 18.3. The number of carbonyl (C=O) groups excluding carboxylic acids is 3. The summed E-state index contributed by atoms with van der Waals surface area (Å²) in [4.78, 5) is 40.6. The Bertz CT molecular complexity index is 763. The van der Waals surface area contributed by atoms with Gasteiger partial charge in [-0.2, -0.15) is 0 Å². The summed E-state index contributed by atoms with van der Waals surface area (Å²) in [5.74, 6) is -0.709. The molecular weight excluding hydrogens is 332 g/mol. The van der Waals surface area contributed by atoms with E-state index in [4.69, 9.17) is 0 Å². The Kier molecular flexibility index (Phi) is 4.50. The number of nitrogens with zero attached hydrogens (tertiary/aromatic N) is 2. The van der Waals surface area contributed by atoms with Crippen LogP contribution in [0.5, 0.6) is 0 Å². The molecular formula is C19H24N4O3. The molecule has 3 heterocycles. The van der Waals surface area contributed by atoms with Gasteiger partial charge < -0.3 is 10.2 Å². The predicted molar refractivity (Wildman–Crippen MR) is 95.2 cm³/mol. The molecule has 3 aliphatic rings. The Morgan fingerprint density at radius 3 is 2.81 bits per heavy atom. The van der Waals surface area contributed by atoms with Gasteiger partial charge in [0, 0.05) is 44.2 Å². The Balaban J connectivity index is 1.53. The molecule has 2 saturated heterocycles. The van der Waals surface area contributed by atoms with Crippen molar-refractivity contribution in [3.63, 3.8) is 0 Å². The van der Waals surface area contributed by atoms with E-state index in [2.05, 4.69) is 15.5 Å². The Labute approximate surface area is 152 Å². The summed E-state index contributed by atoms with van der Waals surface area (Å²) >= 11 is 0. The maximum Gasteiger partial charge on any atom is 0.255 e. The van der Waals surface area contributed by atoms with E-state index in [0.717, 1.165) is 42.7 Å². The molecule has 3 aliphatic heterocycles. The van der Waals surface area contributed by atoms with Gasteiger partial charge >= 0.3 is 0 Å². The van der Waals surface area contributed by atoms with E-state index in [1.165, 1.54) is 0 Å². The Morgan fingerprint density at radius 1 is 1.23 bits per heavy atom. The number of fused-ring (bicyclic) bond motifs is 1. The average Bonchev–Trinajstić information content (AvgIpc) is 3.20. The molecule has 7 nitrogen and oxygen atoms in total. The van der Waals surface area contributed by atoms with Gasteiger partial charge in [-0.05, 0) is 31.0 Å². The van der Waals surface area contributed by atoms with Gasteiger partial charge in [0.1, 0.15) is 6.04 Å². The lowest BCUT2D eigenvalue weighted by Gasteiger charge is -2.29. The average molecular weight is 356 g/mol. The van der Waals surface area contributed by atoms with Crippen molar-refractivity contribution < 1.29 is 14.4 Å². The van der Waals surface area contributed by atoms with E-state index in [-0.39, 0.29) is 24.1 Å². The number of rotatable bonds is 4. The number of nitrogens with one attached hydrogen (secondary N) is 2. The van der Waals surface area contributed by atoms with Gasteiger partial charge in [0.25, 0.3) is 5.91 Å². The fourth-order valence-electron chi connectivity index (χ4n) is 4.27. The van der Waals surface area contributed by atoms with Crippen LogP contribution in [0.3, 0.4) is 0 Å². The number of benzene rings is 1. The first-order chi connectivity index (χ1) is 12.6. The number of imide groups is 1. The van der Waals surface area contributed by atoms with Gasteiger partial charge in [0.15, 0.2) is 0 Å². The van der Waals surface area contributed by atoms with Crippen molar-refractivity contribution >= 4 is 17.7 Å². The third-order valence-corrected chi connectivity index (χ3v) is 5.71. The molecule has 2 atom stereocenters. The van der Waals surface area contributed by atoms with Gasteiger partial charge in [-0.1, -0.05) is 18.2 Å². The molecule has 3 amide bonds. The maximum absolute atomic E-state index is 13.1. The molecule has 7 heteroatoms. The van der Waals surface area contributed by atoms with Crippen LogP contribution in [0.1, 0.15) is 40.7 Å². The smallest absolute Gasteiger partial charge is 0.255 e. The van der Waals surface area contributed by atoms with Crippen molar-refractivity contribution in [2.24, 2.45) is 0 Å². The van der Waals surface area contributed by atoms with Crippen molar-refractivity contribution in [2.45, 2.75) is 44.4 Å². The maximum atomic E-state index is 13.1. The number of likely N-dealkylation sites (tertiary alicyclic amines) is 1. The molecule has 1 aromatic carbocycles. The van der Waals surface area contributed by atoms with Gasteiger partial charge in [-0.25, -0.2) is 0 Å². The van der Waals surface area contributed by atoms with Crippen molar-refractivity contribution in [1.29, 1.82) is 0 Å². The lowest BCUT2D eigenvalue weighted by atomic mass is 10.0. The summed E-state index contributed by atoms with van der Waals surface area (Å²) in [6, 6.07) is 5.91. The van der Waals surface area contributed by atoms with Gasteiger partial charge in [0.05, 0.1) is 0 Å². The zero-order valence-electron chi connectivity index (χ0n) is 15.0.